The van der Waals surface area contributed by atoms with Crippen molar-refractivity contribution in [2.45, 2.75) is 55.1 Å². The fourth-order valence-corrected chi connectivity index (χ4v) is 3.83. The van der Waals surface area contributed by atoms with Crippen LogP contribution in [0.25, 0.3) is 0 Å². The number of aromatic hydroxyl groups is 1. The van der Waals surface area contributed by atoms with Gasteiger partial charge in [-0.1, -0.05) is 30.3 Å². The number of carbonyl (C=O) groups excluding carboxylic acids is 1. The maximum Gasteiger partial charge on any atom is 0.339 e. The van der Waals surface area contributed by atoms with Crippen LogP contribution in [-0.2, 0) is 11.3 Å². The minimum atomic E-state index is -0.329. The largest absolute Gasteiger partial charge is 0.508 e. The molecule has 3 aromatic carbocycles. The van der Waals surface area contributed by atoms with E-state index in [2.05, 4.69) is 0 Å². The first kappa shape index (κ1) is 22.4. The zero-order chi connectivity index (χ0) is 22.9. The van der Waals surface area contributed by atoms with Crippen molar-refractivity contribution in [3.63, 3.8) is 0 Å². The number of carbonyl (C=O) groups is 1. The zero-order valence-corrected chi connectivity index (χ0v) is 19.3. The maximum absolute atomic E-state index is 12.9. The van der Waals surface area contributed by atoms with Crippen LogP contribution in [0.1, 0.15) is 54.9 Å². The fraction of sp³-hybridized carbons (Fsp3) is 0.296. The van der Waals surface area contributed by atoms with Crippen molar-refractivity contribution in [3.05, 3.63) is 86.5 Å². The predicted octanol–water partition coefficient (Wildman–Crippen LogP) is 6.70. The van der Waals surface area contributed by atoms with E-state index in [0.29, 0.717) is 5.56 Å². The van der Waals surface area contributed by atoms with Crippen molar-refractivity contribution < 1.29 is 19.4 Å². The Morgan fingerprint density at radius 1 is 0.774 bits per heavy atom. The first-order valence-electron chi connectivity index (χ1n) is 10.4. The van der Waals surface area contributed by atoms with Crippen molar-refractivity contribution in [3.8, 4) is 17.2 Å². The van der Waals surface area contributed by atoms with Gasteiger partial charge in [0.25, 0.3) is 0 Å². The van der Waals surface area contributed by atoms with Crippen LogP contribution in [0, 0.1) is 48.5 Å². The lowest BCUT2D eigenvalue weighted by atomic mass is 9.92. The third-order valence-electron chi connectivity index (χ3n) is 6.18. The molecule has 0 bridgehead atoms. The number of rotatable bonds is 5. The number of aryl methyl sites for hydroxylation is 1. The Morgan fingerprint density at radius 2 is 1.32 bits per heavy atom. The van der Waals surface area contributed by atoms with E-state index in [-0.39, 0.29) is 18.3 Å². The molecule has 0 aliphatic rings. The average Bonchev–Trinajstić information content (AvgIpc) is 2.75. The van der Waals surface area contributed by atoms with Gasteiger partial charge in [-0.3, -0.25) is 0 Å². The Kier molecular flexibility index (Phi) is 6.40. The number of phenols is 1. The van der Waals surface area contributed by atoms with Crippen LogP contribution in [-0.4, -0.2) is 11.1 Å². The summed E-state index contributed by atoms with van der Waals surface area (Å²) in [6.45, 7) is 13.7. The van der Waals surface area contributed by atoms with Crippen molar-refractivity contribution in [2.24, 2.45) is 0 Å². The van der Waals surface area contributed by atoms with E-state index < -0.39 is 0 Å². The van der Waals surface area contributed by atoms with Crippen molar-refractivity contribution >= 4 is 5.97 Å². The second-order valence-electron chi connectivity index (χ2n) is 8.16. The Balaban J connectivity index is 1.97. The van der Waals surface area contributed by atoms with E-state index in [1.54, 1.807) is 6.07 Å². The Bertz CT molecular complexity index is 1120. The van der Waals surface area contributed by atoms with Crippen LogP contribution in [0.2, 0.25) is 0 Å². The lowest BCUT2D eigenvalue weighted by Gasteiger charge is -2.22. The summed E-state index contributed by atoms with van der Waals surface area (Å²) in [6.07, 6.45) is 0. The van der Waals surface area contributed by atoms with Gasteiger partial charge in [-0.15, -0.1) is 0 Å². The Labute approximate surface area is 184 Å². The van der Waals surface area contributed by atoms with Crippen LogP contribution >= 0.6 is 0 Å². The summed E-state index contributed by atoms with van der Waals surface area (Å²) in [7, 11) is 0. The molecule has 0 saturated heterocycles. The maximum atomic E-state index is 12.9. The monoisotopic (exact) mass is 418 g/mol. The van der Waals surface area contributed by atoms with Crippen LogP contribution in [0.4, 0.5) is 0 Å². The van der Waals surface area contributed by atoms with E-state index in [4.69, 9.17) is 9.47 Å². The summed E-state index contributed by atoms with van der Waals surface area (Å²) >= 11 is 0. The second-order valence-corrected chi connectivity index (χ2v) is 8.16. The third kappa shape index (κ3) is 4.29. The number of phenolic OH excluding ortho intramolecular Hbond substituents is 1. The molecule has 3 rings (SSSR count). The molecule has 0 aromatic heterocycles. The van der Waals surface area contributed by atoms with E-state index in [1.165, 1.54) is 0 Å². The lowest BCUT2D eigenvalue weighted by Crippen LogP contribution is -2.12. The Hall–Kier alpha value is -3.27. The van der Waals surface area contributed by atoms with Gasteiger partial charge in [0.15, 0.2) is 0 Å². The van der Waals surface area contributed by atoms with Gasteiger partial charge in [0, 0.05) is 0 Å². The molecule has 31 heavy (non-hydrogen) atoms. The molecule has 0 unspecified atom stereocenters. The molecule has 0 amide bonds. The zero-order valence-electron chi connectivity index (χ0n) is 19.3. The minimum Gasteiger partial charge on any atom is -0.508 e. The van der Waals surface area contributed by atoms with Crippen molar-refractivity contribution in [2.75, 3.05) is 0 Å². The van der Waals surface area contributed by atoms with Crippen LogP contribution in [0.15, 0.2) is 36.4 Å². The van der Waals surface area contributed by atoms with Crippen LogP contribution < -0.4 is 4.74 Å². The molecule has 162 valence electrons. The molecule has 0 saturated carbocycles. The molecule has 1 N–H and O–H groups in total. The summed E-state index contributed by atoms with van der Waals surface area (Å²) < 4.78 is 12.0. The average molecular weight is 419 g/mol. The molecule has 0 spiro atoms. The van der Waals surface area contributed by atoms with Crippen LogP contribution in [0.5, 0.6) is 17.2 Å². The lowest BCUT2D eigenvalue weighted by molar-refractivity contribution is 0.0470. The summed E-state index contributed by atoms with van der Waals surface area (Å²) in [5, 5.41) is 10.1. The van der Waals surface area contributed by atoms with Gasteiger partial charge in [-0.05, 0) is 99.0 Å². The molecule has 4 heteroatoms. The Morgan fingerprint density at radius 3 is 1.90 bits per heavy atom. The fourth-order valence-electron chi connectivity index (χ4n) is 3.83. The third-order valence-corrected chi connectivity index (χ3v) is 6.18. The summed E-state index contributed by atoms with van der Waals surface area (Å²) in [4.78, 5) is 12.9. The number of hydrogen-bond donors (Lipinski definition) is 1. The standard InChI is InChI=1S/C27H30O4/c1-15-13-23(28)16(2)19(5)25(15)31-26-20(6)17(3)24(18(4)21(26)7)27(29)30-14-22-11-9-8-10-12-22/h8-13,28H,14H2,1-7H3. The second kappa shape index (κ2) is 8.84. The molecule has 0 atom stereocenters. The highest BCUT2D eigenvalue weighted by molar-refractivity contribution is 5.94. The molecule has 0 aliphatic carbocycles. The number of esters is 1. The predicted molar refractivity (Wildman–Crippen MR) is 123 cm³/mol. The molecular formula is C27H30O4. The van der Waals surface area contributed by atoms with E-state index in [0.717, 1.165) is 56.0 Å². The molecular weight excluding hydrogens is 388 g/mol. The van der Waals surface area contributed by atoms with Gasteiger partial charge in [0.1, 0.15) is 23.9 Å². The first-order chi connectivity index (χ1) is 14.6. The van der Waals surface area contributed by atoms with Gasteiger partial charge in [-0.25, -0.2) is 4.79 Å². The topological polar surface area (TPSA) is 55.8 Å². The first-order valence-corrected chi connectivity index (χ1v) is 10.4. The van der Waals surface area contributed by atoms with Crippen molar-refractivity contribution in [1.29, 1.82) is 0 Å². The van der Waals surface area contributed by atoms with Gasteiger partial charge in [0.2, 0.25) is 0 Å². The number of ether oxygens (including phenoxy) is 2. The molecule has 4 nitrogen and oxygen atoms in total. The molecule has 3 aromatic rings. The van der Waals surface area contributed by atoms with E-state index >= 15 is 0 Å². The van der Waals surface area contributed by atoms with Crippen LogP contribution in [0.3, 0.4) is 0 Å². The quantitative estimate of drug-likeness (QED) is 0.468. The van der Waals surface area contributed by atoms with Crippen molar-refractivity contribution in [1.82, 2.24) is 0 Å². The van der Waals surface area contributed by atoms with E-state index in [9.17, 15) is 9.90 Å². The minimum absolute atomic E-state index is 0.236. The van der Waals surface area contributed by atoms with Gasteiger partial charge in [-0.2, -0.15) is 0 Å². The summed E-state index contributed by atoms with van der Waals surface area (Å²) in [5.74, 6) is 1.41. The SMILES string of the molecule is Cc1cc(O)c(C)c(C)c1Oc1c(C)c(C)c(C(=O)OCc2ccccc2)c(C)c1C. The molecule has 0 heterocycles. The molecule has 0 aliphatic heterocycles. The normalized spacial score (nSPS) is 10.8. The van der Waals surface area contributed by atoms with Gasteiger partial charge < -0.3 is 14.6 Å². The smallest absolute Gasteiger partial charge is 0.339 e. The highest BCUT2D eigenvalue weighted by Gasteiger charge is 2.23. The highest BCUT2D eigenvalue weighted by Crippen LogP contribution is 2.40. The van der Waals surface area contributed by atoms with Gasteiger partial charge in [0.05, 0.1) is 5.56 Å². The number of hydrogen-bond acceptors (Lipinski definition) is 4. The number of benzene rings is 3. The van der Waals surface area contributed by atoms with Gasteiger partial charge >= 0.3 is 5.97 Å². The summed E-state index contributed by atoms with van der Waals surface area (Å²) in [5.41, 5.74) is 7.61. The molecule has 0 radical (unpaired) electrons. The summed E-state index contributed by atoms with van der Waals surface area (Å²) in [6, 6.07) is 11.4. The highest BCUT2D eigenvalue weighted by atomic mass is 16.5. The van der Waals surface area contributed by atoms with E-state index in [1.807, 2.05) is 78.8 Å². The molecule has 0 fully saturated rings.